The molecule has 0 radical (unpaired) electrons. The fourth-order valence-corrected chi connectivity index (χ4v) is 2.15. The molecule has 0 bridgehead atoms. The normalized spacial score (nSPS) is 16.7. The molecule has 172 valence electrons. The van der Waals surface area contributed by atoms with Crippen molar-refractivity contribution >= 4 is 22.1 Å². The van der Waals surface area contributed by atoms with E-state index >= 15 is 0 Å². The van der Waals surface area contributed by atoms with E-state index in [1.807, 2.05) is 0 Å². The van der Waals surface area contributed by atoms with Gasteiger partial charge in [0.1, 0.15) is 5.60 Å². The van der Waals surface area contributed by atoms with E-state index in [0.717, 1.165) is 6.92 Å². The first kappa shape index (κ1) is 27.5. The first-order valence-electron chi connectivity index (χ1n) is 8.53. The van der Waals surface area contributed by atoms with Gasteiger partial charge in [-0.1, -0.05) is 13.8 Å². The number of hydrogen-bond acceptors (Lipinski definition) is 7. The van der Waals surface area contributed by atoms with E-state index in [1.165, 1.54) is 27.7 Å². The maximum Gasteiger partial charge on any atom is 0.431 e. The minimum Gasteiger partial charge on any atom is -0.455 e. The van der Waals surface area contributed by atoms with Crippen molar-refractivity contribution in [2.45, 2.75) is 76.9 Å². The molecule has 2 atom stereocenters. The Labute approximate surface area is 166 Å². The summed E-state index contributed by atoms with van der Waals surface area (Å²) in [6, 6.07) is 0. The van der Waals surface area contributed by atoms with Gasteiger partial charge in [0.25, 0.3) is 0 Å². The zero-order valence-electron chi connectivity index (χ0n) is 16.9. The molecule has 0 saturated carbocycles. The van der Waals surface area contributed by atoms with Gasteiger partial charge >= 0.3 is 39.0 Å². The van der Waals surface area contributed by atoms with Crippen LogP contribution in [0.2, 0.25) is 0 Å². The molecule has 1 N–H and O–H groups in total. The van der Waals surface area contributed by atoms with Gasteiger partial charge in [-0.3, -0.25) is 9.35 Å². The van der Waals surface area contributed by atoms with Crippen LogP contribution in [-0.4, -0.2) is 54.1 Å². The maximum atomic E-state index is 13.6. The van der Waals surface area contributed by atoms with Crippen LogP contribution in [0.25, 0.3) is 0 Å². The summed E-state index contributed by atoms with van der Waals surface area (Å²) < 4.78 is 97.8. The Balaban J connectivity index is 5.53. The monoisotopic (exact) mass is 454 g/mol. The molecule has 0 saturated heterocycles. The van der Waals surface area contributed by atoms with Crippen LogP contribution in [0.3, 0.4) is 0 Å². The van der Waals surface area contributed by atoms with Gasteiger partial charge < -0.3 is 14.2 Å². The van der Waals surface area contributed by atoms with Gasteiger partial charge in [0, 0.05) is 13.3 Å². The molecule has 0 spiro atoms. The Bertz CT molecular complexity index is 702. The van der Waals surface area contributed by atoms with Crippen molar-refractivity contribution in [2.24, 2.45) is 5.92 Å². The summed E-state index contributed by atoms with van der Waals surface area (Å²) in [5.74, 6) is -10.7. The fourth-order valence-electron chi connectivity index (χ4n) is 1.67. The van der Waals surface area contributed by atoms with Crippen LogP contribution in [0.15, 0.2) is 0 Å². The van der Waals surface area contributed by atoms with Crippen LogP contribution in [0.1, 0.15) is 54.4 Å². The third-order valence-electron chi connectivity index (χ3n) is 3.62. The molecule has 0 aliphatic rings. The fraction of sp³-hybridized carbons (Fsp3) is 0.875. The minimum atomic E-state index is -6.42. The number of rotatable bonds is 10. The van der Waals surface area contributed by atoms with E-state index < -0.39 is 63.6 Å². The number of hydrogen-bond donors (Lipinski definition) is 1. The van der Waals surface area contributed by atoms with E-state index in [4.69, 9.17) is 18.8 Å². The Morgan fingerprint density at radius 3 is 1.90 bits per heavy atom. The molecule has 0 aromatic heterocycles. The first-order valence-corrected chi connectivity index (χ1v) is 9.97. The molecule has 29 heavy (non-hydrogen) atoms. The predicted octanol–water partition coefficient (Wildman–Crippen LogP) is 3.16. The standard InChI is InChI=1S/C16H26F4O8S/c1-7-10(2)11(21)27-14(6,12(22)28-13(3,4)5)26-9-8-15(17,18)16(19,20)29(23,24)25/h10H,7-9H2,1-6H3,(H,23,24,25). The highest BCUT2D eigenvalue weighted by Gasteiger charge is 2.65. The Kier molecular flexibility index (Phi) is 8.66. The smallest absolute Gasteiger partial charge is 0.431 e. The van der Waals surface area contributed by atoms with Crippen molar-refractivity contribution in [2.75, 3.05) is 6.61 Å². The highest BCUT2D eigenvalue weighted by Crippen LogP contribution is 2.41. The molecule has 0 amide bonds. The quantitative estimate of drug-likeness (QED) is 0.232. The van der Waals surface area contributed by atoms with Crippen molar-refractivity contribution < 1.29 is 54.3 Å². The van der Waals surface area contributed by atoms with Gasteiger partial charge in [-0.2, -0.15) is 26.0 Å². The molecular weight excluding hydrogens is 428 g/mol. The Hall–Kier alpha value is -1.47. The Morgan fingerprint density at radius 1 is 1.03 bits per heavy atom. The third-order valence-corrected chi connectivity index (χ3v) is 4.57. The summed E-state index contributed by atoms with van der Waals surface area (Å²) in [7, 11) is -6.42. The van der Waals surface area contributed by atoms with Gasteiger partial charge in [-0.15, -0.1) is 0 Å². The molecular formula is C16H26F4O8S. The van der Waals surface area contributed by atoms with Crippen LogP contribution < -0.4 is 0 Å². The summed E-state index contributed by atoms with van der Waals surface area (Å²) in [6.45, 7) is 7.02. The van der Waals surface area contributed by atoms with Crippen molar-refractivity contribution in [3.8, 4) is 0 Å². The summed E-state index contributed by atoms with van der Waals surface area (Å²) in [5, 5.41) is -5.79. The topological polar surface area (TPSA) is 116 Å². The van der Waals surface area contributed by atoms with Crippen LogP contribution in [0.4, 0.5) is 17.6 Å². The van der Waals surface area contributed by atoms with Crippen LogP contribution in [0.5, 0.6) is 0 Å². The summed E-state index contributed by atoms with van der Waals surface area (Å²) in [4.78, 5) is 24.4. The first-order chi connectivity index (χ1) is 12.7. The number of carbonyl (C=O) groups excluding carboxylic acids is 2. The lowest BCUT2D eigenvalue weighted by Crippen LogP contribution is -2.50. The predicted molar refractivity (Wildman–Crippen MR) is 91.8 cm³/mol. The number of alkyl halides is 4. The number of esters is 2. The largest absolute Gasteiger partial charge is 0.455 e. The van der Waals surface area contributed by atoms with E-state index in [2.05, 4.69) is 0 Å². The lowest BCUT2D eigenvalue weighted by atomic mass is 10.1. The zero-order valence-corrected chi connectivity index (χ0v) is 17.7. The van der Waals surface area contributed by atoms with Gasteiger partial charge in [0.15, 0.2) is 0 Å². The van der Waals surface area contributed by atoms with Gasteiger partial charge in [-0.05, 0) is 27.2 Å². The van der Waals surface area contributed by atoms with Crippen molar-refractivity contribution in [3.05, 3.63) is 0 Å². The second-order valence-electron chi connectivity index (χ2n) is 7.47. The number of halogens is 4. The molecule has 8 nitrogen and oxygen atoms in total. The van der Waals surface area contributed by atoms with Crippen LogP contribution in [0, 0.1) is 5.92 Å². The molecule has 2 unspecified atom stereocenters. The highest BCUT2D eigenvalue weighted by atomic mass is 32.2. The molecule has 0 aromatic rings. The second kappa shape index (κ2) is 9.13. The van der Waals surface area contributed by atoms with Gasteiger partial charge in [-0.25, -0.2) is 4.79 Å². The average Bonchev–Trinajstić information content (AvgIpc) is 2.50. The molecule has 0 aliphatic heterocycles. The molecule has 0 fully saturated rings. The van der Waals surface area contributed by atoms with E-state index in [9.17, 15) is 35.6 Å². The number of ether oxygens (including phenoxy) is 3. The second-order valence-corrected chi connectivity index (χ2v) is 8.94. The van der Waals surface area contributed by atoms with Crippen LogP contribution >= 0.6 is 0 Å². The summed E-state index contributed by atoms with van der Waals surface area (Å²) in [5.41, 5.74) is -1.09. The average molecular weight is 454 g/mol. The van der Waals surface area contributed by atoms with Crippen LogP contribution in [-0.2, 0) is 33.9 Å². The molecule has 0 aromatic carbocycles. The van der Waals surface area contributed by atoms with E-state index in [0.29, 0.717) is 6.42 Å². The van der Waals surface area contributed by atoms with Gasteiger partial charge in [0.05, 0.1) is 12.5 Å². The van der Waals surface area contributed by atoms with Gasteiger partial charge in [0.2, 0.25) is 0 Å². The molecule has 0 heterocycles. The summed E-state index contributed by atoms with van der Waals surface area (Å²) in [6.07, 6.45) is -1.61. The third kappa shape index (κ3) is 7.37. The van der Waals surface area contributed by atoms with Crippen molar-refractivity contribution in [1.29, 1.82) is 0 Å². The van der Waals surface area contributed by atoms with E-state index in [1.54, 1.807) is 6.92 Å². The zero-order chi connectivity index (χ0) is 23.5. The van der Waals surface area contributed by atoms with Crippen molar-refractivity contribution in [3.63, 3.8) is 0 Å². The SMILES string of the molecule is CCC(C)C(=O)OC(C)(OCCC(F)(F)C(F)(F)S(=O)(=O)O)C(=O)OC(C)(C)C. The maximum absolute atomic E-state index is 13.6. The minimum absolute atomic E-state index is 0.307. The molecule has 0 rings (SSSR count). The molecule has 13 heteroatoms. The summed E-state index contributed by atoms with van der Waals surface area (Å²) >= 11 is 0. The lowest BCUT2D eigenvalue weighted by Gasteiger charge is -2.32. The molecule has 0 aliphatic carbocycles. The lowest BCUT2D eigenvalue weighted by molar-refractivity contribution is -0.252. The van der Waals surface area contributed by atoms with E-state index in [-0.39, 0.29) is 0 Å². The number of carbonyl (C=O) groups is 2. The highest BCUT2D eigenvalue weighted by molar-refractivity contribution is 7.87. The van der Waals surface area contributed by atoms with Crippen molar-refractivity contribution in [1.82, 2.24) is 0 Å². The Morgan fingerprint density at radius 2 is 1.52 bits per heavy atom.